The maximum absolute atomic E-state index is 13.7. The number of carbonyl (C=O) groups is 2. The second-order valence-electron chi connectivity index (χ2n) is 9.60. The fraction of sp³-hybridized carbons (Fsp3) is 0.226. The minimum Gasteiger partial charge on any atom is -0.467 e. The van der Waals surface area contributed by atoms with Gasteiger partial charge >= 0.3 is 5.97 Å². The van der Waals surface area contributed by atoms with Crippen LogP contribution in [-0.4, -0.2) is 34.8 Å². The Hall–Kier alpha value is -4.81. The van der Waals surface area contributed by atoms with Gasteiger partial charge in [-0.1, -0.05) is 11.8 Å². The Morgan fingerprint density at radius 3 is 2.63 bits per heavy atom. The van der Waals surface area contributed by atoms with Crippen molar-refractivity contribution in [3.63, 3.8) is 0 Å². The summed E-state index contributed by atoms with van der Waals surface area (Å²) in [5.74, 6) is 1.39. The fourth-order valence-electron chi connectivity index (χ4n) is 4.71. The molecule has 5 aromatic rings. The molecule has 1 aliphatic heterocycles. The molecule has 0 saturated carbocycles. The van der Waals surface area contributed by atoms with E-state index in [1.165, 1.54) is 22.6 Å². The molecule has 0 bridgehead atoms. The monoisotopic (exact) mass is 601 g/mol. The van der Waals surface area contributed by atoms with Crippen LogP contribution < -0.4 is 15.6 Å². The van der Waals surface area contributed by atoms with Crippen molar-refractivity contribution in [3.8, 4) is 5.75 Å². The van der Waals surface area contributed by atoms with E-state index in [1.54, 1.807) is 67.8 Å². The summed E-state index contributed by atoms with van der Waals surface area (Å²) in [5, 5.41) is 3.58. The zero-order valence-electron chi connectivity index (χ0n) is 23.2. The third-order valence-corrected chi connectivity index (χ3v) is 7.76. The Bertz CT molecular complexity index is 1830. The third-order valence-electron chi connectivity index (χ3n) is 6.73. The number of rotatable bonds is 10. The maximum atomic E-state index is 13.7. The lowest BCUT2D eigenvalue weighted by Gasteiger charge is -2.22. The molecule has 0 aliphatic carbocycles. The lowest BCUT2D eigenvalue weighted by molar-refractivity contribution is -0.0169. The SMILES string of the molecule is CCOC(=O)c1cc2c(c(CSc3nc4cc(C(=O)NCc5ccco5)ccc4c(=O)n3Cc3ccco3)c1)OCOC2. The summed E-state index contributed by atoms with van der Waals surface area (Å²) in [6.07, 6.45) is 3.08. The summed E-state index contributed by atoms with van der Waals surface area (Å²) in [6.45, 7) is 2.76. The Labute approximate surface area is 249 Å². The van der Waals surface area contributed by atoms with Gasteiger partial charge in [0.05, 0.1) is 55.3 Å². The van der Waals surface area contributed by atoms with E-state index in [-0.39, 0.29) is 38.0 Å². The maximum Gasteiger partial charge on any atom is 0.338 e. The van der Waals surface area contributed by atoms with Gasteiger partial charge in [0.1, 0.15) is 17.3 Å². The summed E-state index contributed by atoms with van der Waals surface area (Å²) < 4.78 is 28.8. The highest BCUT2D eigenvalue weighted by Gasteiger charge is 2.22. The first-order valence-electron chi connectivity index (χ1n) is 13.5. The topological polar surface area (TPSA) is 135 Å². The van der Waals surface area contributed by atoms with Crippen molar-refractivity contribution in [1.29, 1.82) is 0 Å². The number of carbonyl (C=O) groups excluding carboxylic acids is 2. The van der Waals surface area contributed by atoms with Crippen molar-refractivity contribution >= 4 is 34.5 Å². The summed E-state index contributed by atoms with van der Waals surface area (Å²) >= 11 is 1.30. The molecule has 1 amide bonds. The molecule has 0 spiro atoms. The van der Waals surface area contributed by atoms with E-state index in [4.69, 9.17) is 28.0 Å². The number of esters is 1. The Balaban J connectivity index is 1.35. The Morgan fingerprint density at radius 1 is 1.05 bits per heavy atom. The summed E-state index contributed by atoms with van der Waals surface area (Å²) in [4.78, 5) is 44.0. The molecule has 1 N–H and O–H groups in total. The molecule has 3 aromatic heterocycles. The van der Waals surface area contributed by atoms with E-state index in [1.807, 2.05) is 0 Å². The first-order chi connectivity index (χ1) is 21.0. The van der Waals surface area contributed by atoms with Gasteiger partial charge in [-0.3, -0.25) is 14.2 Å². The summed E-state index contributed by atoms with van der Waals surface area (Å²) in [6, 6.07) is 15.3. The fourth-order valence-corrected chi connectivity index (χ4v) is 5.68. The standard InChI is InChI=1S/C31H27N3O8S/c1-2-39-30(37)20-11-21-16-38-18-42-27(21)22(12-20)17-43-31-33-26-13-19(28(35)32-14-23-5-3-9-40-23)7-8-25(26)29(36)34(31)15-24-6-4-10-41-24/h3-13H,2,14-18H2,1H3,(H,32,35). The molecule has 11 nitrogen and oxygen atoms in total. The van der Waals surface area contributed by atoms with Crippen molar-refractivity contribution in [3.05, 3.63) is 111 Å². The van der Waals surface area contributed by atoms with E-state index >= 15 is 0 Å². The summed E-state index contributed by atoms with van der Waals surface area (Å²) in [7, 11) is 0. The molecule has 4 heterocycles. The minimum atomic E-state index is -0.446. The molecule has 220 valence electrons. The predicted molar refractivity (Wildman–Crippen MR) is 156 cm³/mol. The van der Waals surface area contributed by atoms with Crippen LogP contribution in [0.25, 0.3) is 10.9 Å². The number of fused-ring (bicyclic) bond motifs is 2. The number of hydrogen-bond acceptors (Lipinski definition) is 10. The summed E-state index contributed by atoms with van der Waals surface area (Å²) in [5.41, 5.74) is 2.31. The van der Waals surface area contributed by atoms with Crippen LogP contribution in [0.1, 0.15) is 50.3 Å². The number of furan rings is 2. The second-order valence-corrected chi connectivity index (χ2v) is 10.5. The van der Waals surface area contributed by atoms with Gasteiger partial charge in [0.15, 0.2) is 11.9 Å². The first kappa shape index (κ1) is 28.3. The lowest BCUT2D eigenvalue weighted by Crippen LogP contribution is -2.25. The quantitative estimate of drug-likeness (QED) is 0.134. The van der Waals surface area contributed by atoms with E-state index in [0.29, 0.717) is 56.8 Å². The molecule has 12 heteroatoms. The molecule has 1 aliphatic rings. The Kier molecular flexibility index (Phi) is 8.29. The van der Waals surface area contributed by atoms with Crippen LogP contribution in [0.15, 0.2) is 85.9 Å². The van der Waals surface area contributed by atoms with Crippen molar-refractivity contribution in [1.82, 2.24) is 14.9 Å². The van der Waals surface area contributed by atoms with Crippen molar-refractivity contribution in [2.24, 2.45) is 0 Å². The highest BCUT2D eigenvalue weighted by atomic mass is 32.2. The minimum absolute atomic E-state index is 0.0889. The average Bonchev–Trinajstić information content (AvgIpc) is 3.75. The van der Waals surface area contributed by atoms with Crippen LogP contribution in [0.4, 0.5) is 0 Å². The molecule has 43 heavy (non-hydrogen) atoms. The van der Waals surface area contributed by atoms with Crippen molar-refractivity contribution in [2.75, 3.05) is 13.4 Å². The van der Waals surface area contributed by atoms with Crippen molar-refractivity contribution in [2.45, 2.75) is 37.5 Å². The third kappa shape index (κ3) is 6.20. The molecule has 0 unspecified atom stereocenters. The number of nitrogens with one attached hydrogen (secondary N) is 1. The molecule has 0 saturated heterocycles. The van der Waals surface area contributed by atoms with Gasteiger partial charge in [-0.15, -0.1) is 0 Å². The van der Waals surface area contributed by atoms with Gasteiger partial charge < -0.3 is 28.4 Å². The number of ether oxygens (including phenoxy) is 3. The zero-order chi connectivity index (χ0) is 29.8. The number of aromatic nitrogens is 2. The van der Waals surface area contributed by atoms with Crippen molar-refractivity contribution < 1.29 is 32.6 Å². The largest absolute Gasteiger partial charge is 0.467 e. The number of amides is 1. The highest BCUT2D eigenvalue weighted by Crippen LogP contribution is 2.34. The first-order valence-corrected chi connectivity index (χ1v) is 14.5. The van der Waals surface area contributed by atoms with Gasteiger partial charge in [-0.25, -0.2) is 9.78 Å². The van der Waals surface area contributed by atoms with Gasteiger partial charge in [-0.2, -0.15) is 0 Å². The van der Waals surface area contributed by atoms with Crippen LogP contribution in [-0.2, 0) is 34.9 Å². The normalized spacial score (nSPS) is 12.5. The molecular formula is C31H27N3O8S. The van der Waals surface area contributed by atoms with Gasteiger partial charge in [0.25, 0.3) is 11.5 Å². The van der Waals surface area contributed by atoms with Gasteiger partial charge in [0, 0.05) is 22.4 Å². The van der Waals surface area contributed by atoms with E-state index in [2.05, 4.69) is 5.32 Å². The van der Waals surface area contributed by atoms with Crippen LogP contribution in [0.2, 0.25) is 0 Å². The number of thioether (sulfide) groups is 1. The smallest absolute Gasteiger partial charge is 0.338 e. The predicted octanol–water partition coefficient (Wildman–Crippen LogP) is 4.90. The van der Waals surface area contributed by atoms with E-state index < -0.39 is 5.97 Å². The zero-order valence-corrected chi connectivity index (χ0v) is 24.0. The van der Waals surface area contributed by atoms with Crippen LogP contribution in [0, 0.1) is 0 Å². The number of hydrogen-bond donors (Lipinski definition) is 1. The second kappa shape index (κ2) is 12.6. The van der Waals surface area contributed by atoms with E-state index in [9.17, 15) is 14.4 Å². The van der Waals surface area contributed by atoms with Crippen LogP contribution >= 0.6 is 11.8 Å². The highest BCUT2D eigenvalue weighted by molar-refractivity contribution is 7.98. The van der Waals surface area contributed by atoms with Gasteiger partial charge in [0.2, 0.25) is 0 Å². The lowest BCUT2D eigenvalue weighted by atomic mass is 10.0. The molecular weight excluding hydrogens is 574 g/mol. The average molecular weight is 602 g/mol. The van der Waals surface area contributed by atoms with Crippen LogP contribution in [0.3, 0.4) is 0 Å². The molecule has 0 radical (unpaired) electrons. The van der Waals surface area contributed by atoms with Gasteiger partial charge in [-0.05, 0) is 61.5 Å². The number of nitrogens with zero attached hydrogens (tertiary/aromatic N) is 2. The van der Waals surface area contributed by atoms with E-state index in [0.717, 1.165) is 11.1 Å². The number of benzene rings is 2. The van der Waals surface area contributed by atoms with Crippen LogP contribution in [0.5, 0.6) is 5.75 Å². The molecule has 2 aromatic carbocycles. The molecule has 6 rings (SSSR count). The molecule has 0 atom stereocenters. The molecule has 0 fully saturated rings. The Morgan fingerprint density at radius 2 is 1.86 bits per heavy atom.